The fourth-order valence-electron chi connectivity index (χ4n) is 4.08. The van der Waals surface area contributed by atoms with Crippen LogP contribution in [0.15, 0.2) is 53.1 Å². The maximum atomic E-state index is 12.4. The van der Waals surface area contributed by atoms with Gasteiger partial charge < -0.3 is 14.4 Å². The van der Waals surface area contributed by atoms with Crippen LogP contribution in [0, 0.1) is 6.92 Å². The lowest BCUT2D eigenvalue weighted by Crippen LogP contribution is -2.33. The Labute approximate surface area is 197 Å². The van der Waals surface area contributed by atoms with E-state index in [0.29, 0.717) is 13.1 Å². The van der Waals surface area contributed by atoms with Crippen LogP contribution in [0.2, 0.25) is 0 Å². The molecular weight excluding hydrogens is 470 g/mol. The molecule has 4 rings (SSSR count). The first-order valence-corrected chi connectivity index (χ1v) is 11.6. The number of amides is 1. The second-order valence-electron chi connectivity index (χ2n) is 8.27. The molecule has 1 amide bonds. The maximum absolute atomic E-state index is 12.4. The molecule has 2 heterocycles. The fraction of sp³-hybridized carbons (Fsp3) is 0.360. The summed E-state index contributed by atoms with van der Waals surface area (Å²) in [5.41, 5.74) is 4.25. The number of hydrogen-bond donors (Lipinski definition) is 0. The van der Waals surface area contributed by atoms with Crippen molar-refractivity contribution < 1.29 is 14.3 Å². The average Bonchev–Trinajstić information content (AvgIpc) is 3.15. The van der Waals surface area contributed by atoms with Gasteiger partial charge in [-0.2, -0.15) is 0 Å². The number of likely N-dealkylation sites (N-methyl/N-ethyl adjacent to an activating group) is 1. The number of methoxy groups -OCH3 is 1. The molecule has 1 aliphatic rings. The molecule has 7 heteroatoms. The van der Waals surface area contributed by atoms with Crippen molar-refractivity contribution in [3.8, 4) is 5.75 Å². The standard InChI is InChI=1S/C25H28BrN3O3/c1-17-9-10-19(12-23(17)26)29-16-21(32-25(29)30)15-28(2)11-5-7-18-6-4-8-24-22(18)13-20(31-3)14-27-24/h4,6,8-10,12-14,21H,5,7,11,15-16H2,1-3H3/t21-/m1/s1. The van der Waals surface area contributed by atoms with Crippen molar-refractivity contribution in [3.05, 3.63) is 64.3 Å². The number of hydrogen-bond acceptors (Lipinski definition) is 5. The molecule has 0 aliphatic carbocycles. The van der Waals surface area contributed by atoms with E-state index < -0.39 is 0 Å². The minimum Gasteiger partial charge on any atom is -0.495 e. The Kier molecular flexibility index (Phi) is 6.96. The summed E-state index contributed by atoms with van der Waals surface area (Å²) in [6.07, 6.45) is 3.28. The second-order valence-corrected chi connectivity index (χ2v) is 9.13. The molecule has 0 saturated carbocycles. The van der Waals surface area contributed by atoms with Crippen molar-refractivity contribution in [3.63, 3.8) is 0 Å². The number of aryl methyl sites for hydroxylation is 2. The third-order valence-corrected chi connectivity index (χ3v) is 6.72. The SMILES string of the molecule is COc1cnc2cccc(CCCN(C)C[C@@H]3CN(c4ccc(C)c(Br)c4)C(=O)O3)c2c1. The minimum atomic E-state index is -0.281. The first-order valence-electron chi connectivity index (χ1n) is 10.8. The molecule has 1 aliphatic heterocycles. The number of rotatable bonds is 8. The Balaban J connectivity index is 1.31. The molecule has 1 fully saturated rings. The molecule has 1 atom stereocenters. The molecule has 1 aromatic heterocycles. The van der Waals surface area contributed by atoms with Crippen molar-refractivity contribution in [1.29, 1.82) is 0 Å². The van der Waals surface area contributed by atoms with Crippen LogP contribution in [0.5, 0.6) is 5.75 Å². The zero-order chi connectivity index (χ0) is 22.7. The van der Waals surface area contributed by atoms with Gasteiger partial charge >= 0.3 is 6.09 Å². The number of ether oxygens (including phenoxy) is 2. The van der Waals surface area contributed by atoms with Crippen LogP contribution in [-0.4, -0.2) is 55.9 Å². The zero-order valence-electron chi connectivity index (χ0n) is 18.7. The third kappa shape index (κ3) is 5.05. The van der Waals surface area contributed by atoms with Crippen LogP contribution in [0.4, 0.5) is 10.5 Å². The lowest BCUT2D eigenvalue weighted by Gasteiger charge is -2.20. The summed E-state index contributed by atoms with van der Waals surface area (Å²) in [7, 11) is 3.74. The topological polar surface area (TPSA) is 54.9 Å². The number of nitrogens with zero attached hydrogens (tertiary/aromatic N) is 3. The van der Waals surface area contributed by atoms with E-state index in [0.717, 1.165) is 51.8 Å². The van der Waals surface area contributed by atoms with Gasteiger partial charge in [0, 0.05) is 22.1 Å². The lowest BCUT2D eigenvalue weighted by atomic mass is 10.0. The van der Waals surface area contributed by atoms with Gasteiger partial charge in [-0.3, -0.25) is 9.88 Å². The van der Waals surface area contributed by atoms with Crippen molar-refractivity contribution >= 4 is 38.6 Å². The van der Waals surface area contributed by atoms with E-state index in [-0.39, 0.29) is 12.2 Å². The first kappa shape index (κ1) is 22.6. The lowest BCUT2D eigenvalue weighted by molar-refractivity contribution is 0.117. The van der Waals surface area contributed by atoms with E-state index in [2.05, 4.69) is 51.1 Å². The average molecular weight is 498 g/mol. The molecule has 3 aromatic rings. The van der Waals surface area contributed by atoms with Gasteiger partial charge in [0.1, 0.15) is 11.9 Å². The van der Waals surface area contributed by atoms with Gasteiger partial charge in [-0.15, -0.1) is 0 Å². The van der Waals surface area contributed by atoms with E-state index >= 15 is 0 Å². The van der Waals surface area contributed by atoms with Crippen molar-refractivity contribution in [2.45, 2.75) is 25.9 Å². The van der Waals surface area contributed by atoms with Gasteiger partial charge in [0.05, 0.1) is 25.4 Å². The number of carbonyl (C=O) groups is 1. The van der Waals surface area contributed by atoms with Crippen LogP contribution in [0.3, 0.4) is 0 Å². The summed E-state index contributed by atoms with van der Waals surface area (Å²) in [4.78, 5) is 20.8. The molecule has 0 unspecified atom stereocenters. The zero-order valence-corrected chi connectivity index (χ0v) is 20.3. The minimum absolute atomic E-state index is 0.140. The van der Waals surface area contributed by atoms with Crippen molar-refractivity contribution in [2.75, 3.05) is 38.7 Å². The first-order chi connectivity index (χ1) is 15.4. The van der Waals surface area contributed by atoms with Crippen molar-refractivity contribution in [2.24, 2.45) is 0 Å². The number of pyridine rings is 1. The Bertz CT molecular complexity index is 1120. The van der Waals surface area contributed by atoms with Crippen molar-refractivity contribution in [1.82, 2.24) is 9.88 Å². The van der Waals surface area contributed by atoms with Gasteiger partial charge in [-0.1, -0.05) is 34.1 Å². The van der Waals surface area contributed by atoms with Crippen LogP contribution in [0.1, 0.15) is 17.5 Å². The summed E-state index contributed by atoms with van der Waals surface area (Å²) in [5, 5.41) is 1.14. The maximum Gasteiger partial charge on any atom is 0.414 e. The largest absolute Gasteiger partial charge is 0.495 e. The Morgan fingerprint density at radius 3 is 2.91 bits per heavy atom. The number of halogens is 1. The van der Waals surface area contributed by atoms with E-state index in [4.69, 9.17) is 9.47 Å². The fourth-order valence-corrected chi connectivity index (χ4v) is 4.44. The predicted octanol–water partition coefficient (Wildman–Crippen LogP) is 5.20. The monoisotopic (exact) mass is 497 g/mol. The molecule has 32 heavy (non-hydrogen) atoms. The number of aromatic nitrogens is 1. The van der Waals surface area contributed by atoms with Gasteiger partial charge in [0.2, 0.25) is 0 Å². The van der Waals surface area contributed by atoms with Gasteiger partial charge in [0.25, 0.3) is 0 Å². The highest BCUT2D eigenvalue weighted by Crippen LogP contribution is 2.27. The molecule has 0 radical (unpaired) electrons. The number of carbonyl (C=O) groups excluding carboxylic acids is 1. The van der Waals surface area contributed by atoms with E-state index in [9.17, 15) is 4.79 Å². The summed E-state index contributed by atoms with van der Waals surface area (Å²) < 4.78 is 12.0. The number of anilines is 1. The molecule has 0 bridgehead atoms. The van der Waals surface area contributed by atoms with Gasteiger partial charge in [-0.25, -0.2) is 4.79 Å². The number of fused-ring (bicyclic) bond motifs is 1. The van der Waals surface area contributed by atoms with E-state index in [1.54, 1.807) is 18.2 Å². The smallest absolute Gasteiger partial charge is 0.414 e. The summed E-state index contributed by atoms with van der Waals surface area (Å²) in [5.74, 6) is 0.773. The van der Waals surface area contributed by atoms with Crippen LogP contribution in [0.25, 0.3) is 10.9 Å². The van der Waals surface area contributed by atoms with Gasteiger partial charge in [0.15, 0.2) is 0 Å². The highest BCUT2D eigenvalue weighted by atomic mass is 79.9. The molecular formula is C25H28BrN3O3. The summed E-state index contributed by atoms with van der Waals surface area (Å²) >= 11 is 3.54. The highest BCUT2D eigenvalue weighted by Gasteiger charge is 2.33. The summed E-state index contributed by atoms with van der Waals surface area (Å²) in [6.45, 7) is 4.21. The van der Waals surface area contributed by atoms with Gasteiger partial charge in [-0.05, 0) is 68.8 Å². The third-order valence-electron chi connectivity index (χ3n) is 5.87. The molecule has 0 spiro atoms. The highest BCUT2D eigenvalue weighted by molar-refractivity contribution is 9.10. The molecule has 2 aromatic carbocycles. The van der Waals surface area contributed by atoms with Crippen LogP contribution >= 0.6 is 15.9 Å². The summed E-state index contributed by atoms with van der Waals surface area (Å²) in [6, 6.07) is 14.2. The predicted molar refractivity (Wildman–Crippen MR) is 131 cm³/mol. The molecule has 1 saturated heterocycles. The second kappa shape index (κ2) is 9.88. The Morgan fingerprint density at radius 1 is 1.28 bits per heavy atom. The Morgan fingerprint density at radius 2 is 2.12 bits per heavy atom. The van der Waals surface area contributed by atoms with E-state index in [1.807, 2.05) is 31.2 Å². The molecule has 0 N–H and O–H groups in total. The normalized spacial score (nSPS) is 16.1. The number of benzene rings is 2. The van der Waals surface area contributed by atoms with Crippen LogP contribution in [-0.2, 0) is 11.2 Å². The Hall–Kier alpha value is -2.64. The van der Waals surface area contributed by atoms with Crippen LogP contribution < -0.4 is 9.64 Å². The molecule has 168 valence electrons. The number of cyclic esters (lactones) is 1. The molecule has 6 nitrogen and oxygen atoms in total. The van der Waals surface area contributed by atoms with E-state index in [1.165, 1.54) is 5.56 Å². The quantitative estimate of drug-likeness (QED) is 0.427.